The highest BCUT2D eigenvalue weighted by molar-refractivity contribution is 5.93. The highest BCUT2D eigenvalue weighted by Gasteiger charge is 2.26. The molecule has 1 fully saturated rings. The van der Waals surface area contributed by atoms with Crippen LogP contribution in [0.2, 0.25) is 0 Å². The van der Waals surface area contributed by atoms with Gasteiger partial charge in [0.05, 0.1) is 0 Å². The Morgan fingerprint density at radius 2 is 2.25 bits per heavy atom. The third-order valence-corrected chi connectivity index (χ3v) is 3.05. The molecule has 92 valence electrons. The Bertz CT molecular complexity index is 255. The van der Waals surface area contributed by atoms with Gasteiger partial charge in [-0.3, -0.25) is 4.79 Å². The van der Waals surface area contributed by atoms with Crippen LogP contribution in [-0.4, -0.2) is 36.5 Å². The molecular weight excluding hydrogens is 200 g/mol. The van der Waals surface area contributed by atoms with Gasteiger partial charge in [0.15, 0.2) is 0 Å². The second kappa shape index (κ2) is 6.69. The molecule has 3 nitrogen and oxygen atoms in total. The predicted octanol–water partition coefficient (Wildman–Crippen LogP) is 1.94. The van der Waals surface area contributed by atoms with Crippen molar-refractivity contribution in [3.05, 3.63) is 11.6 Å². The maximum Gasteiger partial charge on any atom is 0.249 e. The molecule has 1 heterocycles. The summed E-state index contributed by atoms with van der Waals surface area (Å²) in [5, 5.41) is 3.32. The van der Waals surface area contributed by atoms with E-state index >= 15 is 0 Å². The van der Waals surface area contributed by atoms with E-state index in [2.05, 4.69) is 19.2 Å². The molecule has 0 spiro atoms. The van der Waals surface area contributed by atoms with Crippen molar-refractivity contribution < 1.29 is 4.79 Å². The van der Waals surface area contributed by atoms with Crippen molar-refractivity contribution >= 4 is 5.91 Å². The molecule has 1 amide bonds. The summed E-state index contributed by atoms with van der Waals surface area (Å²) in [5.74, 6) is 0.220. The maximum absolute atomic E-state index is 12.2. The van der Waals surface area contributed by atoms with Crippen molar-refractivity contribution in [3.8, 4) is 0 Å². The Labute approximate surface area is 98.9 Å². The Hall–Kier alpha value is -0.830. The van der Waals surface area contributed by atoms with Crippen LogP contribution in [0.15, 0.2) is 11.6 Å². The van der Waals surface area contributed by atoms with Gasteiger partial charge in [0, 0.05) is 24.7 Å². The van der Waals surface area contributed by atoms with Gasteiger partial charge in [0.1, 0.15) is 0 Å². The highest BCUT2D eigenvalue weighted by Crippen LogP contribution is 2.13. The zero-order chi connectivity index (χ0) is 12.0. The smallest absolute Gasteiger partial charge is 0.249 e. The molecule has 1 aliphatic rings. The standard InChI is InChI=1S/C13H24N2O/c1-4-6-11(3)13(16)15(9-5-2)12-7-8-14-10-12/h6,12,14H,4-5,7-10H2,1-3H3. The van der Waals surface area contributed by atoms with Crippen molar-refractivity contribution in [2.45, 2.75) is 46.1 Å². The van der Waals surface area contributed by atoms with Crippen LogP contribution in [0.4, 0.5) is 0 Å². The summed E-state index contributed by atoms with van der Waals surface area (Å²) >= 11 is 0. The number of allylic oxidation sites excluding steroid dienone is 1. The van der Waals surface area contributed by atoms with Crippen LogP contribution in [0.1, 0.15) is 40.0 Å². The lowest BCUT2D eigenvalue weighted by atomic mass is 10.1. The summed E-state index contributed by atoms with van der Waals surface area (Å²) < 4.78 is 0. The lowest BCUT2D eigenvalue weighted by molar-refractivity contribution is -0.129. The van der Waals surface area contributed by atoms with Gasteiger partial charge in [0.25, 0.3) is 0 Å². The minimum atomic E-state index is 0.220. The average Bonchev–Trinajstić information content (AvgIpc) is 2.78. The van der Waals surface area contributed by atoms with Gasteiger partial charge in [0.2, 0.25) is 5.91 Å². The summed E-state index contributed by atoms with van der Waals surface area (Å²) in [6.07, 6.45) is 5.07. The molecule has 1 aliphatic heterocycles. The number of nitrogens with zero attached hydrogens (tertiary/aromatic N) is 1. The van der Waals surface area contributed by atoms with Gasteiger partial charge in [-0.2, -0.15) is 0 Å². The molecule has 3 heteroatoms. The second-order valence-corrected chi connectivity index (χ2v) is 4.44. The van der Waals surface area contributed by atoms with E-state index in [-0.39, 0.29) is 5.91 Å². The second-order valence-electron chi connectivity index (χ2n) is 4.44. The number of carbonyl (C=O) groups excluding carboxylic acids is 1. The van der Waals surface area contributed by atoms with E-state index < -0.39 is 0 Å². The summed E-state index contributed by atoms with van der Waals surface area (Å²) in [6, 6.07) is 0.396. The monoisotopic (exact) mass is 224 g/mol. The van der Waals surface area contributed by atoms with Crippen LogP contribution in [-0.2, 0) is 4.79 Å². The molecule has 1 unspecified atom stereocenters. The van der Waals surface area contributed by atoms with Crippen LogP contribution in [0, 0.1) is 0 Å². The highest BCUT2D eigenvalue weighted by atomic mass is 16.2. The fourth-order valence-electron chi connectivity index (χ4n) is 2.22. The third-order valence-electron chi connectivity index (χ3n) is 3.05. The van der Waals surface area contributed by atoms with Gasteiger partial charge < -0.3 is 10.2 Å². The molecule has 0 aliphatic carbocycles. The Kier molecular flexibility index (Phi) is 5.53. The first-order valence-electron chi connectivity index (χ1n) is 6.39. The molecule has 0 aromatic heterocycles. The van der Waals surface area contributed by atoms with E-state index in [1.165, 1.54) is 0 Å². The Balaban J connectivity index is 2.68. The Morgan fingerprint density at radius 1 is 1.50 bits per heavy atom. The lowest BCUT2D eigenvalue weighted by Gasteiger charge is -2.28. The molecule has 16 heavy (non-hydrogen) atoms. The largest absolute Gasteiger partial charge is 0.335 e. The zero-order valence-corrected chi connectivity index (χ0v) is 10.8. The van der Waals surface area contributed by atoms with Crippen molar-refractivity contribution in [2.75, 3.05) is 19.6 Å². The van der Waals surface area contributed by atoms with Crippen molar-refractivity contribution in [3.63, 3.8) is 0 Å². The summed E-state index contributed by atoms with van der Waals surface area (Å²) in [5.41, 5.74) is 0.892. The third kappa shape index (κ3) is 3.34. The van der Waals surface area contributed by atoms with E-state index in [1.807, 2.05) is 17.9 Å². The molecule has 1 atom stereocenters. The van der Waals surface area contributed by atoms with Gasteiger partial charge >= 0.3 is 0 Å². The normalized spacial score (nSPS) is 21.2. The Morgan fingerprint density at radius 3 is 2.75 bits per heavy atom. The molecule has 1 rings (SSSR count). The molecule has 0 aromatic rings. The minimum Gasteiger partial charge on any atom is -0.335 e. The molecular formula is C13H24N2O. The molecule has 0 radical (unpaired) electrons. The zero-order valence-electron chi connectivity index (χ0n) is 10.8. The number of amides is 1. The first kappa shape index (κ1) is 13.2. The molecule has 0 saturated carbocycles. The van der Waals surface area contributed by atoms with Crippen molar-refractivity contribution in [1.29, 1.82) is 0 Å². The van der Waals surface area contributed by atoms with Gasteiger partial charge in [-0.1, -0.05) is 19.9 Å². The first-order chi connectivity index (χ1) is 7.70. The molecule has 1 saturated heterocycles. The molecule has 1 N–H and O–H groups in total. The average molecular weight is 224 g/mol. The van der Waals surface area contributed by atoms with Gasteiger partial charge in [-0.15, -0.1) is 0 Å². The number of hydrogen-bond acceptors (Lipinski definition) is 2. The van der Waals surface area contributed by atoms with E-state index in [9.17, 15) is 4.79 Å². The van der Waals surface area contributed by atoms with Crippen LogP contribution < -0.4 is 5.32 Å². The summed E-state index contributed by atoms with van der Waals surface area (Å²) in [4.78, 5) is 14.3. The topological polar surface area (TPSA) is 32.3 Å². The SMILES string of the molecule is CCC=C(C)C(=O)N(CCC)C1CCNC1. The van der Waals surface area contributed by atoms with E-state index in [0.29, 0.717) is 6.04 Å². The summed E-state index contributed by atoms with van der Waals surface area (Å²) in [7, 11) is 0. The van der Waals surface area contributed by atoms with E-state index in [0.717, 1.165) is 44.5 Å². The maximum atomic E-state index is 12.2. The van der Waals surface area contributed by atoms with Gasteiger partial charge in [-0.25, -0.2) is 0 Å². The van der Waals surface area contributed by atoms with Crippen molar-refractivity contribution in [2.24, 2.45) is 0 Å². The van der Waals surface area contributed by atoms with E-state index in [4.69, 9.17) is 0 Å². The lowest BCUT2D eigenvalue weighted by Crippen LogP contribution is -2.42. The number of rotatable bonds is 5. The molecule has 0 bridgehead atoms. The molecule has 0 aromatic carbocycles. The summed E-state index contributed by atoms with van der Waals surface area (Å²) in [6.45, 7) is 8.98. The first-order valence-corrected chi connectivity index (χ1v) is 6.39. The minimum absolute atomic E-state index is 0.220. The number of carbonyl (C=O) groups is 1. The van der Waals surface area contributed by atoms with Crippen LogP contribution in [0.5, 0.6) is 0 Å². The quantitative estimate of drug-likeness (QED) is 0.724. The van der Waals surface area contributed by atoms with Gasteiger partial charge in [-0.05, 0) is 32.7 Å². The van der Waals surface area contributed by atoms with E-state index in [1.54, 1.807) is 0 Å². The number of nitrogens with one attached hydrogen (secondary N) is 1. The fourth-order valence-corrected chi connectivity index (χ4v) is 2.22. The van der Waals surface area contributed by atoms with Crippen LogP contribution in [0.3, 0.4) is 0 Å². The van der Waals surface area contributed by atoms with Crippen LogP contribution >= 0.6 is 0 Å². The fraction of sp³-hybridized carbons (Fsp3) is 0.769. The predicted molar refractivity (Wildman–Crippen MR) is 67.3 cm³/mol. The number of hydrogen-bond donors (Lipinski definition) is 1. The van der Waals surface area contributed by atoms with Crippen LogP contribution in [0.25, 0.3) is 0 Å². The van der Waals surface area contributed by atoms with Crippen molar-refractivity contribution in [1.82, 2.24) is 10.2 Å².